The van der Waals surface area contributed by atoms with Crippen molar-refractivity contribution in [2.75, 3.05) is 0 Å². The zero-order chi connectivity index (χ0) is 20.9. The number of hydrogen-bond acceptors (Lipinski definition) is 6. The van der Waals surface area contributed by atoms with Gasteiger partial charge >= 0.3 is 0 Å². The lowest BCUT2D eigenvalue weighted by Gasteiger charge is -2.12. The highest BCUT2D eigenvalue weighted by molar-refractivity contribution is 8.18. The Hall–Kier alpha value is -3.65. The van der Waals surface area contributed by atoms with Crippen LogP contribution in [0.25, 0.3) is 6.08 Å². The Bertz CT molecular complexity index is 1120. The van der Waals surface area contributed by atoms with Crippen molar-refractivity contribution in [2.24, 2.45) is 10.2 Å². The molecule has 4 rings (SSSR count). The number of benzene rings is 2. The van der Waals surface area contributed by atoms with E-state index in [9.17, 15) is 14.3 Å². The fraction of sp³-hybridized carbons (Fsp3) is 0.0455. The average Bonchev–Trinajstić information content (AvgIpc) is 3.35. The SMILES string of the molecule is O=C1/C(=C/c2ccc(F)cc2)S/C(=N/N=C\c2ccc(O)cc2)N1Cc1ccco1. The minimum absolute atomic E-state index is 0.163. The largest absolute Gasteiger partial charge is 0.508 e. The Morgan fingerprint density at radius 2 is 1.80 bits per heavy atom. The molecule has 0 aliphatic carbocycles. The molecule has 0 radical (unpaired) electrons. The molecule has 1 saturated heterocycles. The lowest BCUT2D eigenvalue weighted by atomic mass is 10.2. The van der Waals surface area contributed by atoms with Gasteiger partial charge in [-0.1, -0.05) is 12.1 Å². The topological polar surface area (TPSA) is 78.4 Å². The molecule has 1 fully saturated rings. The molecule has 2 aromatic carbocycles. The molecule has 1 aliphatic heterocycles. The van der Waals surface area contributed by atoms with Gasteiger partial charge in [0.15, 0.2) is 5.17 Å². The van der Waals surface area contributed by atoms with E-state index < -0.39 is 0 Å². The van der Waals surface area contributed by atoms with E-state index in [0.29, 0.717) is 21.4 Å². The zero-order valence-corrected chi connectivity index (χ0v) is 16.4. The van der Waals surface area contributed by atoms with Gasteiger partial charge in [0.2, 0.25) is 0 Å². The van der Waals surface area contributed by atoms with Crippen molar-refractivity contribution in [3.63, 3.8) is 0 Å². The first-order valence-electron chi connectivity index (χ1n) is 8.98. The van der Waals surface area contributed by atoms with Crippen LogP contribution < -0.4 is 0 Å². The highest BCUT2D eigenvalue weighted by atomic mass is 32.2. The van der Waals surface area contributed by atoms with Crippen LogP contribution in [0.3, 0.4) is 0 Å². The van der Waals surface area contributed by atoms with Crippen molar-refractivity contribution in [1.29, 1.82) is 0 Å². The number of halogens is 1. The second-order valence-corrected chi connectivity index (χ2v) is 7.36. The van der Waals surface area contributed by atoms with E-state index in [1.807, 2.05) is 0 Å². The van der Waals surface area contributed by atoms with E-state index in [-0.39, 0.29) is 24.0 Å². The number of amides is 1. The van der Waals surface area contributed by atoms with E-state index >= 15 is 0 Å². The minimum atomic E-state index is -0.340. The van der Waals surface area contributed by atoms with Gasteiger partial charge in [-0.05, 0) is 77.5 Å². The number of furan rings is 1. The number of nitrogens with zero attached hydrogens (tertiary/aromatic N) is 3. The third kappa shape index (κ3) is 4.66. The maximum absolute atomic E-state index is 13.2. The molecule has 0 unspecified atom stereocenters. The van der Waals surface area contributed by atoms with E-state index in [2.05, 4.69) is 10.2 Å². The molecule has 0 bridgehead atoms. The van der Waals surface area contributed by atoms with Crippen LogP contribution in [-0.4, -0.2) is 27.3 Å². The summed E-state index contributed by atoms with van der Waals surface area (Å²) in [5.74, 6) is 0.199. The van der Waals surface area contributed by atoms with Crippen molar-refractivity contribution in [3.05, 3.63) is 94.5 Å². The van der Waals surface area contributed by atoms with Gasteiger partial charge in [0.25, 0.3) is 5.91 Å². The molecule has 0 saturated carbocycles. The molecule has 30 heavy (non-hydrogen) atoms. The van der Waals surface area contributed by atoms with E-state index in [1.165, 1.54) is 41.3 Å². The first kappa shape index (κ1) is 19.7. The van der Waals surface area contributed by atoms with Crippen LogP contribution in [-0.2, 0) is 11.3 Å². The highest BCUT2D eigenvalue weighted by Crippen LogP contribution is 2.33. The summed E-state index contributed by atoms with van der Waals surface area (Å²) in [7, 11) is 0. The van der Waals surface area contributed by atoms with Crippen LogP contribution in [0.5, 0.6) is 5.75 Å². The van der Waals surface area contributed by atoms with Gasteiger partial charge < -0.3 is 9.52 Å². The third-order valence-electron chi connectivity index (χ3n) is 4.19. The van der Waals surface area contributed by atoms with Crippen LogP contribution in [0.15, 0.2) is 86.5 Å². The number of phenols is 1. The van der Waals surface area contributed by atoms with Gasteiger partial charge in [0.1, 0.15) is 17.3 Å². The molecule has 1 aromatic heterocycles. The number of rotatable bonds is 5. The summed E-state index contributed by atoms with van der Waals surface area (Å²) in [5, 5.41) is 18.0. The summed E-state index contributed by atoms with van der Waals surface area (Å²) in [5.41, 5.74) is 1.46. The maximum Gasteiger partial charge on any atom is 0.267 e. The summed E-state index contributed by atoms with van der Waals surface area (Å²) in [6, 6.07) is 15.9. The van der Waals surface area contributed by atoms with Gasteiger partial charge in [-0.25, -0.2) is 4.39 Å². The molecule has 1 amide bonds. The van der Waals surface area contributed by atoms with Crippen molar-refractivity contribution in [2.45, 2.75) is 6.54 Å². The van der Waals surface area contributed by atoms with Crippen molar-refractivity contribution in [1.82, 2.24) is 4.90 Å². The van der Waals surface area contributed by atoms with Gasteiger partial charge in [0.05, 0.1) is 23.9 Å². The van der Waals surface area contributed by atoms with E-state index in [4.69, 9.17) is 4.42 Å². The molecule has 6 nitrogen and oxygen atoms in total. The predicted molar refractivity (Wildman–Crippen MR) is 114 cm³/mol. The molecule has 150 valence electrons. The number of phenolic OH excluding ortho intramolecular Hbond substituents is 1. The van der Waals surface area contributed by atoms with Crippen molar-refractivity contribution < 1.29 is 18.7 Å². The minimum Gasteiger partial charge on any atom is -0.508 e. The summed E-state index contributed by atoms with van der Waals surface area (Å²) in [6.45, 7) is 0.215. The molecule has 2 heterocycles. The molecule has 0 atom stereocenters. The number of carbonyl (C=O) groups excluding carboxylic acids is 1. The van der Waals surface area contributed by atoms with Crippen LogP contribution in [0.2, 0.25) is 0 Å². The lowest BCUT2D eigenvalue weighted by molar-refractivity contribution is -0.122. The number of hydrogen-bond donors (Lipinski definition) is 1. The Balaban J connectivity index is 1.60. The van der Waals surface area contributed by atoms with E-state index in [1.54, 1.807) is 54.6 Å². The predicted octanol–water partition coefficient (Wildman–Crippen LogP) is 4.63. The van der Waals surface area contributed by atoms with Crippen molar-refractivity contribution >= 4 is 35.1 Å². The first-order valence-corrected chi connectivity index (χ1v) is 9.79. The summed E-state index contributed by atoms with van der Waals surface area (Å²) in [4.78, 5) is 14.9. The Kier molecular flexibility index (Phi) is 5.76. The van der Waals surface area contributed by atoms with Gasteiger partial charge in [-0.2, -0.15) is 5.10 Å². The van der Waals surface area contributed by atoms with Crippen LogP contribution in [0, 0.1) is 5.82 Å². The standard InChI is InChI=1S/C22H16FN3O3S/c23-17-7-3-15(4-8-17)12-20-21(28)26(14-19-2-1-11-29-19)22(30-20)25-24-13-16-5-9-18(27)10-6-16/h1-13,27H,14H2/b20-12-,24-13-,25-22+. The fourth-order valence-electron chi connectivity index (χ4n) is 2.70. The van der Waals surface area contributed by atoms with Crippen LogP contribution >= 0.6 is 11.8 Å². The Morgan fingerprint density at radius 1 is 1.07 bits per heavy atom. The third-order valence-corrected chi connectivity index (χ3v) is 5.19. The number of carbonyl (C=O) groups is 1. The quantitative estimate of drug-likeness (QED) is 0.370. The number of aromatic hydroxyl groups is 1. The normalized spacial score (nSPS) is 17.0. The number of thioether (sulfide) groups is 1. The monoisotopic (exact) mass is 421 g/mol. The summed E-state index contributed by atoms with van der Waals surface area (Å²) in [6.07, 6.45) is 4.76. The van der Waals surface area contributed by atoms with Gasteiger partial charge in [-0.3, -0.25) is 9.69 Å². The summed E-state index contributed by atoms with van der Waals surface area (Å²) < 4.78 is 18.5. The average molecular weight is 421 g/mol. The molecule has 3 aromatic rings. The van der Waals surface area contributed by atoms with Gasteiger partial charge in [-0.15, -0.1) is 5.10 Å². The molecular formula is C22H16FN3O3S. The molecule has 1 aliphatic rings. The van der Waals surface area contributed by atoms with Crippen LogP contribution in [0.1, 0.15) is 16.9 Å². The second kappa shape index (κ2) is 8.79. The molecule has 0 spiro atoms. The molecule has 8 heteroatoms. The molecular weight excluding hydrogens is 405 g/mol. The smallest absolute Gasteiger partial charge is 0.267 e. The van der Waals surface area contributed by atoms with Crippen molar-refractivity contribution in [3.8, 4) is 5.75 Å². The Morgan fingerprint density at radius 3 is 2.50 bits per heavy atom. The maximum atomic E-state index is 13.2. The molecule has 1 N–H and O–H groups in total. The zero-order valence-electron chi connectivity index (χ0n) is 15.6. The second-order valence-electron chi connectivity index (χ2n) is 6.35. The first-order chi connectivity index (χ1) is 14.6. The van der Waals surface area contributed by atoms with Gasteiger partial charge in [0, 0.05) is 0 Å². The van der Waals surface area contributed by atoms with Crippen LogP contribution in [0.4, 0.5) is 4.39 Å². The highest BCUT2D eigenvalue weighted by Gasteiger charge is 2.34. The summed E-state index contributed by atoms with van der Waals surface area (Å²) >= 11 is 1.18. The van der Waals surface area contributed by atoms with E-state index in [0.717, 1.165) is 5.56 Å². The lowest BCUT2D eigenvalue weighted by Crippen LogP contribution is -2.28. The fourth-order valence-corrected chi connectivity index (χ4v) is 3.63. The number of amidine groups is 1. The Labute approximate surface area is 176 Å².